The Bertz CT molecular complexity index is 711. The summed E-state index contributed by atoms with van der Waals surface area (Å²) in [4.78, 5) is 0. The minimum atomic E-state index is -3.24. The van der Waals surface area contributed by atoms with Crippen LogP contribution in [0.15, 0.2) is 33.4 Å². The van der Waals surface area contributed by atoms with Crippen molar-refractivity contribution in [2.45, 2.75) is 13.5 Å². The molecular formula is C13H15BrN2O2S2. The fraction of sp³-hybridized carbons (Fsp3) is 0.231. The molecule has 0 amide bonds. The second kappa shape index (κ2) is 6.15. The van der Waals surface area contributed by atoms with Gasteiger partial charge in [-0.3, -0.25) is 4.72 Å². The average Bonchev–Trinajstić information content (AvgIpc) is 2.74. The van der Waals surface area contributed by atoms with Gasteiger partial charge in [-0.2, -0.15) is 0 Å². The number of sulfonamides is 1. The molecule has 0 unspecified atom stereocenters. The lowest BCUT2D eigenvalue weighted by Crippen LogP contribution is -2.10. The van der Waals surface area contributed by atoms with Gasteiger partial charge in [-0.25, -0.2) is 8.42 Å². The highest BCUT2D eigenvalue weighted by atomic mass is 79.9. The lowest BCUT2D eigenvalue weighted by Gasteiger charge is -2.11. The van der Waals surface area contributed by atoms with Crippen molar-refractivity contribution in [3.8, 4) is 0 Å². The number of hydrogen-bond donors (Lipinski definition) is 2. The third kappa shape index (κ3) is 4.50. The smallest absolute Gasteiger partial charge is 0.229 e. The molecule has 0 aliphatic heterocycles. The average molecular weight is 375 g/mol. The van der Waals surface area contributed by atoms with E-state index in [4.69, 9.17) is 0 Å². The molecule has 1 aromatic carbocycles. The molecule has 2 rings (SSSR count). The van der Waals surface area contributed by atoms with Crippen LogP contribution in [0.2, 0.25) is 0 Å². The van der Waals surface area contributed by atoms with Gasteiger partial charge in [0.25, 0.3) is 0 Å². The molecule has 7 heteroatoms. The first kappa shape index (κ1) is 15.3. The number of halogens is 1. The van der Waals surface area contributed by atoms with Crippen LogP contribution in [-0.2, 0) is 16.6 Å². The Morgan fingerprint density at radius 1 is 1.30 bits per heavy atom. The molecule has 0 saturated heterocycles. The molecule has 0 atom stereocenters. The minimum Gasteiger partial charge on any atom is -0.381 e. The van der Waals surface area contributed by atoms with Crippen LogP contribution in [0.3, 0.4) is 0 Å². The van der Waals surface area contributed by atoms with E-state index < -0.39 is 10.0 Å². The van der Waals surface area contributed by atoms with E-state index in [0.717, 1.165) is 27.8 Å². The third-order valence-electron chi connectivity index (χ3n) is 2.64. The largest absolute Gasteiger partial charge is 0.381 e. The summed E-state index contributed by atoms with van der Waals surface area (Å²) in [7, 11) is -3.24. The van der Waals surface area contributed by atoms with Crippen molar-refractivity contribution in [3.05, 3.63) is 44.6 Å². The van der Waals surface area contributed by atoms with Crippen LogP contribution >= 0.6 is 27.3 Å². The second-order valence-corrected chi connectivity index (χ2v) is 8.56. The van der Waals surface area contributed by atoms with E-state index in [9.17, 15) is 8.42 Å². The van der Waals surface area contributed by atoms with Gasteiger partial charge in [0.2, 0.25) is 10.0 Å². The van der Waals surface area contributed by atoms with Crippen molar-refractivity contribution in [2.75, 3.05) is 16.3 Å². The maximum absolute atomic E-state index is 11.2. The van der Waals surface area contributed by atoms with Crippen LogP contribution in [-0.4, -0.2) is 14.7 Å². The normalized spacial score (nSPS) is 11.3. The van der Waals surface area contributed by atoms with Gasteiger partial charge in [-0.15, -0.1) is 11.3 Å². The van der Waals surface area contributed by atoms with E-state index in [1.54, 1.807) is 17.4 Å². The van der Waals surface area contributed by atoms with Gasteiger partial charge < -0.3 is 5.32 Å². The van der Waals surface area contributed by atoms with Gasteiger partial charge in [0.05, 0.1) is 15.7 Å². The van der Waals surface area contributed by atoms with Crippen molar-refractivity contribution in [3.63, 3.8) is 0 Å². The Balaban J connectivity index is 2.05. The molecule has 0 spiro atoms. The predicted molar refractivity (Wildman–Crippen MR) is 89.0 cm³/mol. The predicted octanol–water partition coefficient (Wildman–Crippen LogP) is 3.80. The van der Waals surface area contributed by atoms with E-state index >= 15 is 0 Å². The van der Waals surface area contributed by atoms with Crippen LogP contribution < -0.4 is 10.0 Å². The first-order valence-electron chi connectivity index (χ1n) is 5.89. The lowest BCUT2D eigenvalue weighted by molar-refractivity contribution is 0.607. The zero-order valence-corrected chi connectivity index (χ0v) is 14.3. The molecule has 0 aliphatic rings. The third-order valence-corrected chi connectivity index (χ3v) is 4.78. The number of rotatable bonds is 5. The molecule has 0 radical (unpaired) electrons. The standard InChI is InChI=1S/C13H15BrN2O2S2/c1-9-5-11(3-4-12(9)16-20(2,17)18)15-7-10-6-13(14)19-8-10/h3-6,8,15-16H,7H2,1-2H3. The fourth-order valence-corrected chi connectivity index (χ4v) is 3.57. The van der Waals surface area contributed by atoms with E-state index in [0.29, 0.717) is 5.69 Å². The topological polar surface area (TPSA) is 58.2 Å². The van der Waals surface area contributed by atoms with Crippen molar-refractivity contribution < 1.29 is 8.42 Å². The van der Waals surface area contributed by atoms with Crippen molar-refractivity contribution in [1.29, 1.82) is 0 Å². The van der Waals surface area contributed by atoms with Crippen LogP contribution in [0.5, 0.6) is 0 Å². The van der Waals surface area contributed by atoms with Crippen LogP contribution in [0.1, 0.15) is 11.1 Å². The summed E-state index contributed by atoms with van der Waals surface area (Å²) < 4.78 is 26.0. The highest BCUT2D eigenvalue weighted by molar-refractivity contribution is 9.11. The molecule has 108 valence electrons. The van der Waals surface area contributed by atoms with Crippen molar-refractivity contribution >= 4 is 48.7 Å². The number of nitrogens with one attached hydrogen (secondary N) is 2. The fourth-order valence-electron chi connectivity index (χ4n) is 1.73. The lowest BCUT2D eigenvalue weighted by atomic mass is 10.2. The molecule has 0 fully saturated rings. The minimum absolute atomic E-state index is 0.608. The summed E-state index contributed by atoms with van der Waals surface area (Å²) in [5.74, 6) is 0. The zero-order chi connectivity index (χ0) is 14.8. The summed E-state index contributed by atoms with van der Waals surface area (Å²) in [5.41, 5.74) is 3.66. The molecule has 0 saturated carbocycles. The maximum atomic E-state index is 11.2. The van der Waals surface area contributed by atoms with Crippen LogP contribution in [0, 0.1) is 6.92 Å². The van der Waals surface area contributed by atoms with E-state index in [2.05, 4.69) is 37.4 Å². The zero-order valence-electron chi connectivity index (χ0n) is 11.1. The Morgan fingerprint density at radius 3 is 2.60 bits per heavy atom. The summed E-state index contributed by atoms with van der Waals surface area (Å²) in [6.45, 7) is 2.61. The number of hydrogen-bond acceptors (Lipinski definition) is 4. The first-order valence-corrected chi connectivity index (χ1v) is 9.45. The Labute approximate surface area is 131 Å². The number of benzene rings is 1. The molecule has 4 nitrogen and oxygen atoms in total. The Hall–Kier alpha value is -1.05. The Morgan fingerprint density at radius 2 is 2.05 bits per heavy atom. The summed E-state index contributed by atoms with van der Waals surface area (Å²) in [6.07, 6.45) is 1.15. The number of aryl methyl sites for hydroxylation is 1. The number of anilines is 2. The highest BCUT2D eigenvalue weighted by Gasteiger charge is 2.05. The van der Waals surface area contributed by atoms with Gasteiger partial charge in [0, 0.05) is 12.2 Å². The number of thiophene rings is 1. The molecule has 2 N–H and O–H groups in total. The van der Waals surface area contributed by atoms with Crippen LogP contribution in [0.25, 0.3) is 0 Å². The van der Waals surface area contributed by atoms with Gasteiger partial charge in [-0.05, 0) is 63.6 Å². The SMILES string of the molecule is Cc1cc(NCc2csc(Br)c2)ccc1NS(C)(=O)=O. The van der Waals surface area contributed by atoms with Gasteiger partial charge in [0.15, 0.2) is 0 Å². The summed E-state index contributed by atoms with van der Waals surface area (Å²) in [5, 5.41) is 5.40. The molecule has 0 bridgehead atoms. The summed E-state index contributed by atoms with van der Waals surface area (Å²) >= 11 is 5.08. The first-order chi connectivity index (χ1) is 9.33. The molecule has 1 heterocycles. The van der Waals surface area contributed by atoms with E-state index in [1.165, 1.54) is 5.56 Å². The van der Waals surface area contributed by atoms with Gasteiger partial charge in [0.1, 0.15) is 0 Å². The van der Waals surface area contributed by atoms with Crippen molar-refractivity contribution in [1.82, 2.24) is 0 Å². The quantitative estimate of drug-likeness (QED) is 0.836. The highest BCUT2D eigenvalue weighted by Crippen LogP contribution is 2.23. The Kier molecular flexibility index (Phi) is 4.72. The van der Waals surface area contributed by atoms with Gasteiger partial charge in [-0.1, -0.05) is 0 Å². The second-order valence-electron chi connectivity index (χ2n) is 4.52. The molecular weight excluding hydrogens is 360 g/mol. The van der Waals surface area contributed by atoms with E-state index in [-0.39, 0.29) is 0 Å². The summed E-state index contributed by atoms with van der Waals surface area (Å²) in [6, 6.07) is 7.63. The molecule has 20 heavy (non-hydrogen) atoms. The van der Waals surface area contributed by atoms with Crippen molar-refractivity contribution in [2.24, 2.45) is 0 Å². The molecule has 1 aromatic heterocycles. The molecule has 2 aromatic rings. The van der Waals surface area contributed by atoms with Crippen LogP contribution in [0.4, 0.5) is 11.4 Å². The maximum Gasteiger partial charge on any atom is 0.229 e. The van der Waals surface area contributed by atoms with E-state index in [1.807, 2.05) is 19.1 Å². The van der Waals surface area contributed by atoms with Gasteiger partial charge >= 0.3 is 0 Å². The monoisotopic (exact) mass is 374 g/mol. The molecule has 0 aliphatic carbocycles.